The molecular weight excluding hydrogens is 270 g/mol. The highest BCUT2D eigenvalue weighted by Crippen LogP contribution is 2.11. The highest BCUT2D eigenvalue weighted by molar-refractivity contribution is 5.37. The van der Waals surface area contributed by atoms with E-state index in [1.807, 2.05) is 0 Å². The van der Waals surface area contributed by atoms with Gasteiger partial charge in [0, 0.05) is 6.04 Å². The Morgan fingerprint density at radius 3 is 2.71 bits per heavy atom. The summed E-state index contributed by atoms with van der Waals surface area (Å²) in [6.07, 6.45) is 7.60. The van der Waals surface area contributed by atoms with Crippen LogP contribution in [0.4, 0.5) is 11.9 Å². The maximum Gasteiger partial charge on any atom is 0.258 e. The fraction of sp³-hybridized carbons (Fsp3) is 0.583. The van der Waals surface area contributed by atoms with E-state index in [1.54, 1.807) is 0 Å². The molecule has 0 aliphatic rings. The van der Waals surface area contributed by atoms with Crippen LogP contribution in [0.2, 0.25) is 0 Å². The van der Waals surface area contributed by atoms with Crippen LogP contribution in [-0.4, -0.2) is 35.8 Å². The first-order chi connectivity index (χ1) is 10.2. The number of nitrogens with one attached hydrogen (secondary N) is 2. The van der Waals surface area contributed by atoms with Crippen LogP contribution < -0.4 is 16.6 Å². The van der Waals surface area contributed by atoms with Gasteiger partial charge in [-0.1, -0.05) is 26.2 Å². The summed E-state index contributed by atoms with van der Waals surface area (Å²) in [5, 5.41) is 7.26. The molecule has 2 aromatic rings. The van der Waals surface area contributed by atoms with Crippen LogP contribution in [0.3, 0.4) is 0 Å². The van der Waals surface area contributed by atoms with E-state index in [-0.39, 0.29) is 12.0 Å². The van der Waals surface area contributed by atoms with E-state index in [4.69, 9.17) is 5.84 Å². The van der Waals surface area contributed by atoms with Crippen molar-refractivity contribution < 1.29 is 0 Å². The lowest BCUT2D eigenvalue weighted by atomic mass is 10.1. The lowest BCUT2D eigenvalue weighted by molar-refractivity contribution is 0.611. The smallest absolute Gasteiger partial charge is 0.258 e. The summed E-state index contributed by atoms with van der Waals surface area (Å²) in [6, 6.07) is 0.271. The number of hydrogen-bond donors (Lipinski definition) is 3. The molecular formula is C12H21N9. The minimum atomic E-state index is 0.271. The normalized spacial score (nSPS) is 12.1. The van der Waals surface area contributed by atoms with Crippen LogP contribution >= 0.6 is 0 Å². The molecule has 9 nitrogen and oxygen atoms in total. The van der Waals surface area contributed by atoms with Gasteiger partial charge in [0.2, 0.25) is 11.9 Å². The van der Waals surface area contributed by atoms with Crippen LogP contribution in [0.25, 0.3) is 5.95 Å². The fourth-order valence-electron chi connectivity index (χ4n) is 1.90. The molecule has 4 N–H and O–H groups in total. The van der Waals surface area contributed by atoms with Crippen molar-refractivity contribution >= 4 is 11.9 Å². The van der Waals surface area contributed by atoms with Gasteiger partial charge in [0.15, 0.2) is 0 Å². The second kappa shape index (κ2) is 7.48. The highest BCUT2D eigenvalue weighted by atomic mass is 15.4. The Morgan fingerprint density at radius 1 is 1.24 bits per heavy atom. The van der Waals surface area contributed by atoms with Crippen LogP contribution in [0.15, 0.2) is 12.7 Å². The number of nitrogens with two attached hydrogens (primary N) is 1. The maximum absolute atomic E-state index is 5.39. The van der Waals surface area contributed by atoms with Crippen molar-refractivity contribution in [3.05, 3.63) is 12.7 Å². The van der Waals surface area contributed by atoms with Crippen molar-refractivity contribution in [1.29, 1.82) is 0 Å². The summed E-state index contributed by atoms with van der Waals surface area (Å²) in [6.45, 7) is 4.29. The monoisotopic (exact) mass is 291 g/mol. The van der Waals surface area contributed by atoms with Gasteiger partial charge in [0.25, 0.3) is 5.95 Å². The largest absolute Gasteiger partial charge is 0.352 e. The van der Waals surface area contributed by atoms with Crippen LogP contribution in [-0.2, 0) is 0 Å². The van der Waals surface area contributed by atoms with E-state index >= 15 is 0 Å². The molecule has 0 radical (unpaired) electrons. The molecule has 0 bridgehead atoms. The molecule has 114 valence electrons. The summed E-state index contributed by atoms with van der Waals surface area (Å²) in [4.78, 5) is 16.5. The van der Waals surface area contributed by atoms with Crippen LogP contribution in [0.1, 0.15) is 39.5 Å². The molecule has 0 aliphatic heterocycles. The summed E-state index contributed by atoms with van der Waals surface area (Å²) < 4.78 is 1.45. The summed E-state index contributed by atoms with van der Waals surface area (Å²) in [7, 11) is 0. The zero-order valence-corrected chi connectivity index (χ0v) is 12.3. The predicted molar refractivity (Wildman–Crippen MR) is 79.8 cm³/mol. The fourth-order valence-corrected chi connectivity index (χ4v) is 1.90. The average molecular weight is 291 g/mol. The quantitative estimate of drug-likeness (QED) is 0.376. The lowest BCUT2D eigenvalue weighted by Gasteiger charge is -2.14. The molecule has 0 spiro atoms. The molecule has 2 rings (SSSR count). The van der Waals surface area contributed by atoms with Gasteiger partial charge in [-0.25, -0.2) is 10.8 Å². The topological polar surface area (TPSA) is 119 Å². The number of aromatic nitrogens is 6. The van der Waals surface area contributed by atoms with Gasteiger partial charge in [-0.3, -0.25) is 5.43 Å². The predicted octanol–water partition coefficient (Wildman–Crippen LogP) is 1.12. The SMILES string of the molecule is CCCCCC(C)Nc1nc(NN)nc(-n2cncn2)n1. The third kappa shape index (κ3) is 4.35. The molecule has 1 unspecified atom stereocenters. The molecule has 0 aromatic carbocycles. The zero-order valence-electron chi connectivity index (χ0n) is 12.3. The molecule has 9 heteroatoms. The second-order valence-electron chi connectivity index (χ2n) is 4.81. The van der Waals surface area contributed by atoms with Crippen molar-refractivity contribution in [1.82, 2.24) is 29.7 Å². The number of hydrogen-bond acceptors (Lipinski definition) is 8. The van der Waals surface area contributed by atoms with Gasteiger partial charge in [-0.05, 0) is 13.3 Å². The minimum Gasteiger partial charge on any atom is -0.352 e. The molecule has 0 saturated heterocycles. The van der Waals surface area contributed by atoms with Crippen LogP contribution in [0.5, 0.6) is 0 Å². The van der Waals surface area contributed by atoms with E-state index in [1.165, 1.54) is 36.6 Å². The van der Waals surface area contributed by atoms with E-state index in [0.717, 1.165) is 6.42 Å². The maximum atomic E-state index is 5.39. The first-order valence-corrected chi connectivity index (χ1v) is 7.07. The number of rotatable bonds is 8. The van der Waals surface area contributed by atoms with E-state index in [0.29, 0.717) is 11.9 Å². The summed E-state index contributed by atoms with van der Waals surface area (Å²) >= 11 is 0. The molecule has 0 fully saturated rings. The summed E-state index contributed by atoms with van der Waals surface area (Å²) in [5.41, 5.74) is 2.43. The second-order valence-corrected chi connectivity index (χ2v) is 4.81. The number of nitrogen functional groups attached to an aromatic ring is 1. The van der Waals surface area contributed by atoms with Gasteiger partial charge < -0.3 is 5.32 Å². The van der Waals surface area contributed by atoms with Gasteiger partial charge in [-0.2, -0.15) is 24.7 Å². The van der Waals surface area contributed by atoms with Crippen molar-refractivity contribution in [3.63, 3.8) is 0 Å². The van der Waals surface area contributed by atoms with E-state index in [9.17, 15) is 0 Å². The average Bonchev–Trinajstić information content (AvgIpc) is 3.01. The molecule has 2 aromatic heterocycles. The Labute approximate surface area is 123 Å². The third-order valence-corrected chi connectivity index (χ3v) is 2.99. The van der Waals surface area contributed by atoms with E-state index < -0.39 is 0 Å². The Balaban J connectivity index is 2.10. The highest BCUT2D eigenvalue weighted by Gasteiger charge is 2.10. The number of nitrogens with zero attached hydrogens (tertiary/aromatic N) is 6. The molecule has 0 saturated carbocycles. The minimum absolute atomic E-state index is 0.271. The van der Waals surface area contributed by atoms with Crippen molar-refractivity contribution in [2.75, 3.05) is 10.7 Å². The van der Waals surface area contributed by atoms with Crippen molar-refractivity contribution in [3.8, 4) is 5.95 Å². The first-order valence-electron chi connectivity index (χ1n) is 7.07. The van der Waals surface area contributed by atoms with Crippen molar-refractivity contribution in [2.24, 2.45) is 5.84 Å². The molecule has 1 atom stereocenters. The number of anilines is 2. The van der Waals surface area contributed by atoms with Gasteiger partial charge in [0.05, 0.1) is 0 Å². The number of hydrazine groups is 1. The first kappa shape index (κ1) is 15.1. The third-order valence-electron chi connectivity index (χ3n) is 2.99. The molecule has 0 amide bonds. The molecule has 0 aliphatic carbocycles. The van der Waals surface area contributed by atoms with Gasteiger partial charge >= 0.3 is 0 Å². The van der Waals surface area contributed by atoms with Crippen molar-refractivity contribution in [2.45, 2.75) is 45.6 Å². The summed E-state index contributed by atoms with van der Waals surface area (Å²) in [5.74, 6) is 6.50. The van der Waals surface area contributed by atoms with E-state index in [2.05, 4.69) is 49.6 Å². The molecule has 21 heavy (non-hydrogen) atoms. The Kier molecular flexibility index (Phi) is 5.38. The zero-order chi connectivity index (χ0) is 15.1. The molecule has 2 heterocycles. The van der Waals surface area contributed by atoms with Gasteiger partial charge in [-0.15, -0.1) is 0 Å². The van der Waals surface area contributed by atoms with Gasteiger partial charge in [0.1, 0.15) is 12.7 Å². The number of unbranched alkanes of at least 4 members (excludes halogenated alkanes) is 2. The Morgan fingerprint density at radius 2 is 2.05 bits per heavy atom. The lowest BCUT2D eigenvalue weighted by Crippen LogP contribution is -2.20. The Bertz CT molecular complexity index is 540. The standard InChI is InChI=1S/C12H21N9/c1-3-4-5-6-9(2)16-10-17-11(20-13)19-12(18-10)21-8-14-7-15-21/h7-9H,3-6,13H2,1-2H3,(H2,16,17,18,19,20). The van der Waals surface area contributed by atoms with Crippen LogP contribution in [0, 0.1) is 0 Å². The Hall–Kier alpha value is -2.29.